The standard InChI is InChI=1S/C22H31N3O3.ClH/c1-14-18(22(27)25-8-10-28-11-9-25)6-3-7-19(14)24-21(26)17-12-15-4-2-5-16(13-17)20(15)23;/h3,6-7,15-17,20H,2,4-5,8-13,23H2,1H3,(H,24,26);1H. The van der Waals surface area contributed by atoms with Crippen molar-refractivity contribution in [1.82, 2.24) is 4.90 Å². The number of anilines is 1. The van der Waals surface area contributed by atoms with Crippen LogP contribution < -0.4 is 11.1 Å². The zero-order chi connectivity index (χ0) is 19.7. The van der Waals surface area contributed by atoms with Gasteiger partial charge in [-0.05, 0) is 62.1 Å². The van der Waals surface area contributed by atoms with Gasteiger partial charge in [-0.3, -0.25) is 9.59 Å². The van der Waals surface area contributed by atoms with Gasteiger partial charge in [0.1, 0.15) is 0 Å². The Balaban J connectivity index is 0.00000240. The number of amides is 2. The lowest BCUT2D eigenvalue weighted by Crippen LogP contribution is -2.48. The number of rotatable bonds is 3. The van der Waals surface area contributed by atoms with E-state index in [9.17, 15) is 9.59 Å². The average Bonchev–Trinajstić information content (AvgIpc) is 2.69. The van der Waals surface area contributed by atoms with Crippen molar-refractivity contribution in [3.05, 3.63) is 29.3 Å². The van der Waals surface area contributed by atoms with Crippen molar-refractivity contribution in [2.45, 2.75) is 45.1 Å². The van der Waals surface area contributed by atoms with Crippen LogP contribution in [-0.2, 0) is 9.53 Å². The van der Waals surface area contributed by atoms with Gasteiger partial charge in [0.15, 0.2) is 0 Å². The minimum Gasteiger partial charge on any atom is -0.378 e. The maximum atomic E-state index is 13.0. The smallest absolute Gasteiger partial charge is 0.254 e. The number of carbonyl (C=O) groups excluding carboxylic acids is 2. The molecule has 2 atom stereocenters. The molecular formula is C22H32ClN3O3. The van der Waals surface area contributed by atoms with E-state index in [-0.39, 0.29) is 36.2 Å². The molecule has 2 aliphatic carbocycles. The molecule has 0 aromatic heterocycles. The number of hydrogen-bond donors (Lipinski definition) is 2. The second kappa shape index (κ2) is 9.45. The number of halogens is 1. The highest BCUT2D eigenvalue weighted by molar-refractivity contribution is 5.99. The van der Waals surface area contributed by atoms with E-state index < -0.39 is 0 Å². The van der Waals surface area contributed by atoms with E-state index in [4.69, 9.17) is 10.5 Å². The minimum absolute atomic E-state index is 0. The summed E-state index contributed by atoms with van der Waals surface area (Å²) in [5.74, 6) is 1.04. The van der Waals surface area contributed by atoms with Crippen LogP contribution in [0.3, 0.4) is 0 Å². The fraction of sp³-hybridized carbons (Fsp3) is 0.636. The summed E-state index contributed by atoms with van der Waals surface area (Å²) >= 11 is 0. The number of fused-ring (bicyclic) bond motifs is 2. The van der Waals surface area contributed by atoms with Gasteiger partial charge < -0.3 is 20.7 Å². The first-order valence-corrected chi connectivity index (χ1v) is 10.6. The largest absolute Gasteiger partial charge is 0.378 e. The Bertz CT molecular complexity index is 737. The van der Waals surface area contributed by atoms with Crippen molar-refractivity contribution < 1.29 is 14.3 Å². The molecule has 2 bridgehead atoms. The summed E-state index contributed by atoms with van der Waals surface area (Å²) in [5.41, 5.74) is 8.59. The van der Waals surface area contributed by atoms with Gasteiger partial charge in [-0.2, -0.15) is 0 Å². The summed E-state index contributed by atoms with van der Waals surface area (Å²) in [6.45, 7) is 4.29. The molecule has 2 amide bonds. The molecule has 29 heavy (non-hydrogen) atoms. The van der Waals surface area contributed by atoms with Crippen molar-refractivity contribution in [2.75, 3.05) is 31.6 Å². The Morgan fingerprint density at radius 3 is 2.45 bits per heavy atom. The van der Waals surface area contributed by atoms with Crippen LogP contribution in [0.2, 0.25) is 0 Å². The molecule has 3 aliphatic rings. The Morgan fingerprint density at radius 1 is 1.14 bits per heavy atom. The summed E-state index contributed by atoms with van der Waals surface area (Å²) in [6.07, 6.45) is 5.29. The Hall–Kier alpha value is -1.63. The molecule has 1 saturated heterocycles. The van der Waals surface area contributed by atoms with E-state index in [2.05, 4.69) is 5.32 Å². The van der Waals surface area contributed by atoms with Crippen molar-refractivity contribution in [3.63, 3.8) is 0 Å². The number of morpholine rings is 1. The lowest BCUT2D eigenvalue weighted by molar-refractivity contribution is -0.122. The number of nitrogens with two attached hydrogens (primary N) is 1. The summed E-state index contributed by atoms with van der Waals surface area (Å²) in [5, 5.41) is 3.11. The maximum Gasteiger partial charge on any atom is 0.254 e. The Kier molecular flexibility index (Phi) is 7.19. The second-order valence-electron chi connectivity index (χ2n) is 8.57. The van der Waals surface area contributed by atoms with Gasteiger partial charge in [0, 0.05) is 36.3 Å². The predicted molar refractivity (Wildman–Crippen MR) is 115 cm³/mol. The molecule has 0 spiro atoms. The number of ether oxygens (including phenoxy) is 1. The summed E-state index contributed by atoms with van der Waals surface area (Å²) < 4.78 is 5.34. The van der Waals surface area contributed by atoms with E-state index >= 15 is 0 Å². The number of hydrogen-bond acceptors (Lipinski definition) is 4. The van der Waals surface area contributed by atoms with Crippen molar-refractivity contribution in [3.8, 4) is 0 Å². The topological polar surface area (TPSA) is 84.7 Å². The highest BCUT2D eigenvalue weighted by Gasteiger charge is 2.40. The third-order valence-electron chi connectivity index (χ3n) is 6.90. The average molecular weight is 422 g/mol. The molecule has 3 N–H and O–H groups in total. The molecular weight excluding hydrogens is 390 g/mol. The molecule has 1 aromatic carbocycles. The van der Waals surface area contributed by atoms with E-state index in [1.54, 1.807) is 0 Å². The van der Waals surface area contributed by atoms with Crippen molar-refractivity contribution >= 4 is 29.9 Å². The van der Waals surface area contributed by atoms with Crippen LogP contribution in [0, 0.1) is 24.7 Å². The number of nitrogens with zero attached hydrogens (tertiary/aromatic N) is 1. The molecule has 1 heterocycles. The molecule has 7 heteroatoms. The first kappa shape index (κ1) is 22.1. The molecule has 1 aliphatic heterocycles. The Labute approximate surface area is 178 Å². The van der Waals surface area contributed by atoms with Gasteiger partial charge in [-0.15, -0.1) is 12.4 Å². The normalized spacial score (nSPS) is 29.0. The van der Waals surface area contributed by atoms with Crippen LogP contribution in [0.15, 0.2) is 18.2 Å². The second-order valence-corrected chi connectivity index (χ2v) is 8.57. The van der Waals surface area contributed by atoms with Crippen LogP contribution in [-0.4, -0.2) is 49.1 Å². The third kappa shape index (κ3) is 4.60. The predicted octanol–water partition coefficient (Wildman–Crippen LogP) is 2.98. The lowest BCUT2D eigenvalue weighted by atomic mass is 9.65. The van der Waals surface area contributed by atoms with Crippen LogP contribution in [0.5, 0.6) is 0 Å². The molecule has 2 saturated carbocycles. The van der Waals surface area contributed by atoms with Gasteiger partial charge in [0.05, 0.1) is 13.2 Å². The quantitative estimate of drug-likeness (QED) is 0.785. The first-order valence-electron chi connectivity index (χ1n) is 10.6. The van der Waals surface area contributed by atoms with Gasteiger partial charge in [-0.25, -0.2) is 0 Å². The Morgan fingerprint density at radius 2 is 1.79 bits per heavy atom. The molecule has 6 nitrogen and oxygen atoms in total. The molecule has 1 aromatic rings. The highest BCUT2D eigenvalue weighted by atomic mass is 35.5. The number of nitrogens with one attached hydrogen (secondary N) is 1. The summed E-state index contributed by atoms with van der Waals surface area (Å²) in [7, 11) is 0. The summed E-state index contributed by atoms with van der Waals surface area (Å²) in [6, 6.07) is 5.84. The zero-order valence-corrected chi connectivity index (χ0v) is 17.9. The third-order valence-corrected chi connectivity index (χ3v) is 6.90. The van der Waals surface area contributed by atoms with E-state index in [1.165, 1.54) is 6.42 Å². The van der Waals surface area contributed by atoms with Gasteiger partial charge in [0.25, 0.3) is 5.91 Å². The monoisotopic (exact) mass is 421 g/mol. The van der Waals surface area contributed by atoms with Crippen LogP contribution in [0.1, 0.15) is 48.0 Å². The fourth-order valence-corrected chi connectivity index (χ4v) is 5.18. The maximum absolute atomic E-state index is 13.0. The molecule has 3 fully saturated rings. The van der Waals surface area contributed by atoms with Crippen LogP contribution in [0.4, 0.5) is 5.69 Å². The summed E-state index contributed by atoms with van der Waals surface area (Å²) in [4.78, 5) is 27.7. The number of carbonyl (C=O) groups is 2. The molecule has 160 valence electrons. The van der Waals surface area contributed by atoms with E-state index in [0.717, 1.165) is 36.9 Å². The lowest BCUT2D eigenvalue weighted by Gasteiger charge is -2.43. The van der Waals surface area contributed by atoms with Crippen molar-refractivity contribution in [2.24, 2.45) is 23.5 Å². The molecule has 2 unspecified atom stereocenters. The minimum atomic E-state index is 0. The van der Waals surface area contributed by atoms with Crippen LogP contribution >= 0.6 is 12.4 Å². The first-order chi connectivity index (χ1) is 13.5. The molecule has 0 radical (unpaired) electrons. The van der Waals surface area contributed by atoms with E-state index in [1.807, 2.05) is 30.0 Å². The zero-order valence-electron chi connectivity index (χ0n) is 17.1. The fourth-order valence-electron chi connectivity index (χ4n) is 5.18. The van der Waals surface area contributed by atoms with Crippen LogP contribution in [0.25, 0.3) is 0 Å². The van der Waals surface area contributed by atoms with E-state index in [0.29, 0.717) is 43.7 Å². The van der Waals surface area contributed by atoms with Gasteiger partial charge in [-0.1, -0.05) is 12.5 Å². The SMILES string of the molecule is Cc1c(NC(=O)C2CC3CCCC(C2)C3N)cccc1C(=O)N1CCOCC1.Cl. The van der Waals surface area contributed by atoms with Crippen molar-refractivity contribution in [1.29, 1.82) is 0 Å². The number of benzene rings is 1. The molecule has 4 rings (SSSR count). The highest BCUT2D eigenvalue weighted by Crippen LogP contribution is 2.42. The van der Waals surface area contributed by atoms with Gasteiger partial charge in [0.2, 0.25) is 5.91 Å². The van der Waals surface area contributed by atoms with Gasteiger partial charge >= 0.3 is 0 Å².